The lowest BCUT2D eigenvalue weighted by Crippen LogP contribution is -2.32. The van der Waals surface area contributed by atoms with E-state index < -0.39 is 0 Å². The molecule has 0 aromatic rings. The van der Waals surface area contributed by atoms with E-state index in [1.54, 1.807) is 0 Å². The predicted molar refractivity (Wildman–Crippen MR) is 56.0 cm³/mol. The van der Waals surface area contributed by atoms with Gasteiger partial charge < -0.3 is 5.32 Å². The predicted octanol–water partition coefficient (Wildman–Crippen LogP) is 2.90. The molecule has 0 saturated carbocycles. The lowest BCUT2D eigenvalue weighted by Gasteiger charge is -2.38. The first-order chi connectivity index (χ1) is 6.13. The number of fused-ring (bicyclic) bond motifs is 1. The summed E-state index contributed by atoms with van der Waals surface area (Å²) in [5.74, 6) is 0. The number of nitrogens with one attached hydrogen (secondary N) is 1. The fraction of sp³-hybridized carbons (Fsp3) is 0.333. The van der Waals surface area contributed by atoms with Gasteiger partial charge in [-0.05, 0) is 38.0 Å². The van der Waals surface area contributed by atoms with Crippen LogP contribution in [0.2, 0.25) is 0 Å². The van der Waals surface area contributed by atoms with Gasteiger partial charge in [-0.2, -0.15) is 0 Å². The van der Waals surface area contributed by atoms with Gasteiger partial charge in [0.15, 0.2) is 0 Å². The molecule has 1 atom stereocenters. The molecule has 1 nitrogen and oxygen atoms in total. The Morgan fingerprint density at radius 1 is 1.46 bits per heavy atom. The summed E-state index contributed by atoms with van der Waals surface area (Å²) in [6.07, 6.45) is 9.44. The summed E-state index contributed by atoms with van der Waals surface area (Å²) in [6.45, 7) is 8.52. The Morgan fingerprint density at radius 2 is 2.23 bits per heavy atom. The Hall–Kier alpha value is -1.24. The molecule has 1 aliphatic heterocycles. The first-order valence-electron chi connectivity index (χ1n) is 4.63. The monoisotopic (exact) mass is 173 g/mol. The van der Waals surface area contributed by atoms with Gasteiger partial charge in [-0.25, -0.2) is 0 Å². The van der Waals surface area contributed by atoms with Crippen LogP contribution in [0, 0.1) is 5.41 Å². The van der Waals surface area contributed by atoms with Crippen LogP contribution in [0.1, 0.15) is 20.3 Å². The number of rotatable bonds is 0. The third kappa shape index (κ3) is 1.15. The second-order valence-electron chi connectivity index (χ2n) is 4.11. The minimum absolute atomic E-state index is 0.105. The van der Waals surface area contributed by atoms with E-state index >= 15 is 0 Å². The molecule has 13 heavy (non-hydrogen) atoms. The normalized spacial score (nSPS) is 31.7. The second kappa shape index (κ2) is 2.63. The van der Waals surface area contributed by atoms with E-state index in [1.807, 2.05) is 6.20 Å². The SMILES string of the molecule is C=C1C=CNC2=CC=C(C)CC12C. The average molecular weight is 173 g/mol. The molecular weight excluding hydrogens is 158 g/mol. The molecule has 0 fully saturated rings. The highest BCUT2D eigenvalue weighted by molar-refractivity contribution is 5.43. The molecule has 2 aliphatic rings. The van der Waals surface area contributed by atoms with Gasteiger partial charge in [0.2, 0.25) is 0 Å². The molecule has 0 amide bonds. The Kier molecular flexibility index (Phi) is 1.69. The molecule has 1 heteroatoms. The van der Waals surface area contributed by atoms with Crippen LogP contribution < -0.4 is 5.32 Å². The van der Waals surface area contributed by atoms with Crippen molar-refractivity contribution >= 4 is 0 Å². The van der Waals surface area contributed by atoms with Crippen LogP contribution in [0.5, 0.6) is 0 Å². The molecule has 2 rings (SSSR count). The minimum Gasteiger partial charge on any atom is -0.364 e. The van der Waals surface area contributed by atoms with Crippen molar-refractivity contribution in [1.29, 1.82) is 0 Å². The van der Waals surface area contributed by atoms with Crippen molar-refractivity contribution in [1.82, 2.24) is 5.32 Å². The van der Waals surface area contributed by atoms with Gasteiger partial charge in [0.05, 0.1) is 0 Å². The molecule has 0 radical (unpaired) electrons. The zero-order chi connectivity index (χ0) is 9.47. The van der Waals surface area contributed by atoms with Crippen molar-refractivity contribution in [2.24, 2.45) is 5.41 Å². The Labute approximate surface area is 79.5 Å². The summed E-state index contributed by atoms with van der Waals surface area (Å²) in [7, 11) is 0. The summed E-state index contributed by atoms with van der Waals surface area (Å²) >= 11 is 0. The molecule has 0 aromatic carbocycles. The fourth-order valence-corrected chi connectivity index (χ4v) is 2.03. The third-order valence-corrected chi connectivity index (χ3v) is 2.99. The van der Waals surface area contributed by atoms with Crippen molar-refractivity contribution in [2.45, 2.75) is 20.3 Å². The van der Waals surface area contributed by atoms with Crippen LogP contribution in [-0.2, 0) is 0 Å². The van der Waals surface area contributed by atoms with Gasteiger partial charge in [-0.15, -0.1) is 0 Å². The van der Waals surface area contributed by atoms with Gasteiger partial charge in [-0.1, -0.05) is 18.2 Å². The molecule has 68 valence electrons. The largest absolute Gasteiger partial charge is 0.364 e. The summed E-state index contributed by atoms with van der Waals surface area (Å²) in [4.78, 5) is 0. The number of hydrogen-bond acceptors (Lipinski definition) is 1. The quantitative estimate of drug-likeness (QED) is 0.594. The van der Waals surface area contributed by atoms with Crippen molar-refractivity contribution in [3.63, 3.8) is 0 Å². The van der Waals surface area contributed by atoms with Crippen molar-refractivity contribution in [2.75, 3.05) is 0 Å². The molecule has 1 heterocycles. The lowest BCUT2D eigenvalue weighted by molar-refractivity contribution is 0.448. The lowest BCUT2D eigenvalue weighted by atomic mass is 9.71. The zero-order valence-electron chi connectivity index (χ0n) is 8.22. The second-order valence-corrected chi connectivity index (χ2v) is 4.11. The molecule has 1 N–H and O–H groups in total. The summed E-state index contributed by atoms with van der Waals surface area (Å²) < 4.78 is 0. The van der Waals surface area contributed by atoms with Crippen LogP contribution in [0.25, 0.3) is 0 Å². The fourth-order valence-electron chi connectivity index (χ4n) is 2.03. The highest BCUT2D eigenvalue weighted by Gasteiger charge is 2.34. The van der Waals surface area contributed by atoms with Crippen LogP contribution in [0.15, 0.2) is 47.9 Å². The average Bonchev–Trinajstić information content (AvgIpc) is 2.07. The topological polar surface area (TPSA) is 12.0 Å². The van der Waals surface area contributed by atoms with Crippen molar-refractivity contribution < 1.29 is 0 Å². The summed E-state index contributed by atoms with van der Waals surface area (Å²) in [5.41, 5.74) is 3.99. The van der Waals surface area contributed by atoms with Crippen molar-refractivity contribution in [3.05, 3.63) is 47.9 Å². The van der Waals surface area contributed by atoms with Crippen LogP contribution in [-0.4, -0.2) is 0 Å². The maximum atomic E-state index is 4.11. The Balaban J connectivity index is 2.47. The zero-order valence-corrected chi connectivity index (χ0v) is 8.22. The van der Waals surface area contributed by atoms with E-state index in [9.17, 15) is 0 Å². The van der Waals surface area contributed by atoms with Gasteiger partial charge >= 0.3 is 0 Å². The van der Waals surface area contributed by atoms with Gasteiger partial charge in [-0.3, -0.25) is 0 Å². The van der Waals surface area contributed by atoms with Crippen LogP contribution in [0.3, 0.4) is 0 Å². The smallest absolute Gasteiger partial charge is 0.0356 e. The van der Waals surface area contributed by atoms with Gasteiger partial charge in [0.25, 0.3) is 0 Å². The molecule has 0 aromatic heterocycles. The van der Waals surface area contributed by atoms with E-state index in [2.05, 4.69) is 44.0 Å². The minimum atomic E-state index is 0.105. The molecule has 0 spiro atoms. The standard InChI is InChI=1S/C12H15N/c1-9-4-5-11-12(3,8-9)10(2)6-7-13-11/h4-7,13H,2,8H2,1,3H3. The highest BCUT2D eigenvalue weighted by atomic mass is 14.9. The maximum absolute atomic E-state index is 4.11. The number of hydrogen-bond donors (Lipinski definition) is 1. The number of allylic oxidation sites excluding steroid dienone is 5. The molecule has 1 unspecified atom stereocenters. The molecule has 1 aliphatic carbocycles. The third-order valence-electron chi connectivity index (χ3n) is 2.99. The molecule has 0 saturated heterocycles. The van der Waals surface area contributed by atoms with E-state index in [0.717, 1.165) is 6.42 Å². The van der Waals surface area contributed by atoms with Crippen molar-refractivity contribution in [3.8, 4) is 0 Å². The van der Waals surface area contributed by atoms with E-state index in [1.165, 1.54) is 16.8 Å². The van der Waals surface area contributed by atoms with Crippen LogP contribution in [0.4, 0.5) is 0 Å². The van der Waals surface area contributed by atoms with Crippen LogP contribution >= 0.6 is 0 Å². The first-order valence-corrected chi connectivity index (χ1v) is 4.63. The van der Waals surface area contributed by atoms with E-state index in [4.69, 9.17) is 0 Å². The summed E-state index contributed by atoms with van der Waals surface area (Å²) in [5, 5.41) is 3.29. The van der Waals surface area contributed by atoms with E-state index in [-0.39, 0.29) is 5.41 Å². The first kappa shape index (κ1) is 8.36. The van der Waals surface area contributed by atoms with E-state index in [0.29, 0.717) is 0 Å². The Bertz CT molecular complexity index is 344. The molecule has 0 bridgehead atoms. The highest BCUT2D eigenvalue weighted by Crippen LogP contribution is 2.43. The maximum Gasteiger partial charge on any atom is 0.0356 e. The Morgan fingerprint density at radius 3 is 3.00 bits per heavy atom. The molecular formula is C12H15N. The summed E-state index contributed by atoms with van der Waals surface area (Å²) in [6, 6.07) is 0. The van der Waals surface area contributed by atoms with Gasteiger partial charge in [0.1, 0.15) is 0 Å². The van der Waals surface area contributed by atoms with Gasteiger partial charge in [0, 0.05) is 17.3 Å².